The number of carbonyl (C=O) groups is 1. The van der Waals surface area contributed by atoms with Crippen LogP contribution >= 0.6 is 35.0 Å². The molecule has 0 bridgehead atoms. The molecule has 1 atom stereocenters. The molecule has 0 radical (unpaired) electrons. The average Bonchev–Trinajstić information content (AvgIpc) is 3.23. The molecular weight excluding hydrogens is 389 g/mol. The molecule has 2 aliphatic carbocycles. The number of Topliss-reactive ketones (excluding diaryl/α,β-unsaturated/α-hetero) is 1. The summed E-state index contributed by atoms with van der Waals surface area (Å²) in [5.74, 6) is 1.12. The Labute approximate surface area is 167 Å². The first-order chi connectivity index (χ1) is 12.6. The second kappa shape index (κ2) is 7.91. The van der Waals surface area contributed by atoms with Crippen molar-refractivity contribution in [3.63, 3.8) is 0 Å². The van der Waals surface area contributed by atoms with Crippen molar-refractivity contribution in [2.24, 2.45) is 0 Å². The topological polar surface area (TPSA) is 47.8 Å². The van der Waals surface area contributed by atoms with Gasteiger partial charge in [0.15, 0.2) is 11.0 Å². The minimum Gasteiger partial charge on any atom is -0.299 e. The molecule has 2 aromatic rings. The lowest BCUT2D eigenvalue weighted by Crippen LogP contribution is -2.17. The number of carbonyl (C=O) groups excluding carboxylic acids is 1. The summed E-state index contributed by atoms with van der Waals surface area (Å²) < 4.78 is 2.23. The SMILES string of the molecule is O=C1CCCC1Sc1nnc(-c2ccc(Cl)cc2Cl)n1C1CCCCC1. The van der Waals surface area contributed by atoms with Crippen LogP contribution in [-0.4, -0.2) is 25.8 Å². The Morgan fingerprint density at radius 2 is 1.85 bits per heavy atom. The molecule has 7 heteroatoms. The second-order valence-electron chi connectivity index (χ2n) is 7.06. The van der Waals surface area contributed by atoms with Gasteiger partial charge in [-0.3, -0.25) is 9.36 Å². The summed E-state index contributed by atoms with van der Waals surface area (Å²) in [6.07, 6.45) is 8.52. The zero-order valence-corrected chi connectivity index (χ0v) is 16.8. The first-order valence-electron chi connectivity index (χ1n) is 9.23. The van der Waals surface area contributed by atoms with Gasteiger partial charge >= 0.3 is 0 Å². The maximum absolute atomic E-state index is 12.1. The molecule has 0 spiro atoms. The Balaban J connectivity index is 1.74. The number of hydrogen-bond acceptors (Lipinski definition) is 4. The van der Waals surface area contributed by atoms with E-state index in [2.05, 4.69) is 14.8 Å². The van der Waals surface area contributed by atoms with Crippen molar-refractivity contribution in [3.05, 3.63) is 28.2 Å². The van der Waals surface area contributed by atoms with Crippen LogP contribution in [0.25, 0.3) is 11.4 Å². The van der Waals surface area contributed by atoms with Gasteiger partial charge in [0.1, 0.15) is 5.78 Å². The lowest BCUT2D eigenvalue weighted by molar-refractivity contribution is -0.116. The molecule has 2 fully saturated rings. The maximum atomic E-state index is 12.1. The van der Waals surface area contributed by atoms with E-state index in [1.165, 1.54) is 19.3 Å². The van der Waals surface area contributed by atoms with Gasteiger partial charge in [-0.1, -0.05) is 54.2 Å². The van der Waals surface area contributed by atoms with Crippen molar-refractivity contribution in [1.29, 1.82) is 0 Å². The molecule has 138 valence electrons. The number of halogens is 2. The monoisotopic (exact) mass is 409 g/mol. The molecule has 4 rings (SSSR count). The maximum Gasteiger partial charge on any atom is 0.192 e. The van der Waals surface area contributed by atoms with Crippen LogP contribution in [0.2, 0.25) is 10.0 Å². The Morgan fingerprint density at radius 3 is 2.54 bits per heavy atom. The fourth-order valence-corrected chi connectivity index (χ4v) is 5.63. The van der Waals surface area contributed by atoms with Crippen molar-refractivity contribution in [2.45, 2.75) is 67.8 Å². The molecule has 2 saturated carbocycles. The minimum absolute atomic E-state index is 0.00933. The highest BCUT2D eigenvalue weighted by molar-refractivity contribution is 8.00. The molecule has 0 amide bonds. The molecular formula is C19H21Cl2N3OS. The molecule has 1 unspecified atom stereocenters. The zero-order valence-electron chi connectivity index (χ0n) is 14.5. The molecule has 0 saturated heterocycles. The molecule has 0 aliphatic heterocycles. The highest BCUT2D eigenvalue weighted by Gasteiger charge is 2.30. The third-order valence-electron chi connectivity index (χ3n) is 5.27. The Kier molecular flexibility index (Phi) is 5.58. The van der Waals surface area contributed by atoms with Gasteiger partial charge in [0.2, 0.25) is 0 Å². The Hall–Kier alpha value is -1.04. The predicted octanol–water partition coefficient (Wildman–Crippen LogP) is 5.97. The van der Waals surface area contributed by atoms with Crippen LogP contribution in [0.5, 0.6) is 0 Å². The quantitative estimate of drug-likeness (QED) is 0.623. The van der Waals surface area contributed by atoms with Crippen LogP contribution < -0.4 is 0 Å². The smallest absolute Gasteiger partial charge is 0.192 e. The van der Waals surface area contributed by atoms with Crippen molar-refractivity contribution in [1.82, 2.24) is 14.8 Å². The van der Waals surface area contributed by atoms with Crippen LogP contribution in [0, 0.1) is 0 Å². The van der Waals surface area contributed by atoms with Crippen molar-refractivity contribution in [2.75, 3.05) is 0 Å². The fraction of sp³-hybridized carbons (Fsp3) is 0.526. The van der Waals surface area contributed by atoms with E-state index in [4.69, 9.17) is 23.2 Å². The number of ketones is 1. The Bertz CT molecular complexity index is 817. The number of aromatic nitrogens is 3. The van der Waals surface area contributed by atoms with Crippen molar-refractivity contribution in [3.8, 4) is 11.4 Å². The third kappa shape index (κ3) is 3.67. The van der Waals surface area contributed by atoms with Gasteiger partial charge in [-0.15, -0.1) is 10.2 Å². The normalized spacial score (nSPS) is 21.5. The average molecular weight is 410 g/mol. The van der Waals surface area contributed by atoms with Gasteiger partial charge in [-0.05, 0) is 43.9 Å². The van der Waals surface area contributed by atoms with Crippen LogP contribution in [0.3, 0.4) is 0 Å². The molecule has 1 aromatic carbocycles. The van der Waals surface area contributed by atoms with Gasteiger partial charge in [-0.2, -0.15) is 0 Å². The van der Waals surface area contributed by atoms with Crippen molar-refractivity contribution < 1.29 is 4.79 Å². The molecule has 26 heavy (non-hydrogen) atoms. The van der Waals surface area contributed by atoms with E-state index in [-0.39, 0.29) is 5.25 Å². The van der Waals surface area contributed by atoms with E-state index in [9.17, 15) is 4.79 Å². The highest BCUT2D eigenvalue weighted by Crippen LogP contribution is 2.40. The van der Waals surface area contributed by atoms with Gasteiger partial charge in [0.05, 0.1) is 10.3 Å². The summed E-state index contributed by atoms with van der Waals surface area (Å²) >= 11 is 14.1. The second-order valence-corrected chi connectivity index (χ2v) is 9.07. The first kappa shape index (κ1) is 18.3. The number of rotatable bonds is 4. The summed E-state index contributed by atoms with van der Waals surface area (Å²) in [5, 5.41) is 11.0. The van der Waals surface area contributed by atoms with Crippen LogP contribution in [-0.2, 0) is 4.79 Å². The van der Waals surface area contributed by atoms with E-state index >= 15 is 0 Å². The summed E-state index contributed by atoms with van der Waals surface area (Å²) in [4.78, 5) is 12.1. The Morgan fingerprint density at radius 1 is 1.04 bits per heavy atom. The predicted molar refractivity (Wildman–Crippen MR) is 106 cm³/mol. The number of benzene rings is 1. The molecule has 0 N–H and O–H groups in total. The lowest BCUT2D eigenvalue weighted by Gasteiger charge is -2.26. The summed E-state index contributed by atoms with van der Waals surface area (Å²) in [6.45, 7) is 0. The summed E-state index contributed by atoms with van der Waals surface area (Å²) in [7, 11) is 0. The largest absolute Gasteiger partial charge is 0.299 e. The van der Waals surface area contributed by atoms with Crippen LogP contribution in [0.15, 0.2) is 23.4 Å². The first-order valence-corrected chi connectivity index (χ1v) is 10.9. The summed E-state index contributed by atoms with van der Waals surface area (Å²) in [5.41, 5.74) is 0.846. The molecule has 1 aromatic heterocycles. The van der Waals surface area contributed by atoms with E-state index in [1.807, 2.05) is 12.1 Å². The number of hydrogen-bond donors (Lipinski definition) is 0. The molecule has 4 nitrogen and oxygen atoms in total. The standard InChI is InChI=1S/C19H21Cl2N3OS/c20-12-9-10-14(15(21)11-12)18-22-23-19(26-17-8-4-7-16(17)25)24(18)13-5-2-1-3-6-13/h9-11,13,17H,1-8H2. The van der Waals surface area contributed by atoms with Crippen LogP contribution in [0.1, 0.15) is 57.4 Å². The third-order valence-corrected chi connectivity index (χ3v) is 7.09. The molecule has 2 aliphatic rings. The number of thioether (sulfide) groups is 1. The highest BCUT2D eigenvalue weighted by atomic mass is 35.5. The van der Waals surface area contributed by atoms with Gasteiger partial charge in [-0.25, -0.2) is 0 Å². The zero-order chi connectivity index (χ0) is 18.1. The van der Waals surface area contributed by atoms with E-state index in [0.717, 1.165) is 42.2 Å². The van der Waals surface area contributed by atoms with Crippen molar-refractivity contribution >= 4 is 40.7 Å². The van der Waals surface area contributed by atoms with E-state index in [1.54, 1.807) is 17.8 Å². The summed E-state index contributed by atoms with van der Waals surface area (Å²) in [6, 6.07) is 5.84. The van der Waals surface area contributed by atoms with Gasteiger partial charge < -0.3 is 0 Å². The molecule has 1 heterocycles. The van der Waals surface area contributed by atoms with E-state index < -0.39 is 0 Å². The van der Waals surface area contributed by atoms with E-state index in [0.29, 0.717) is 28.3 Å². The minimum atomic E-state index is 0.00933. The van der Waals surface area contributed by atoms with Gasteiger partial charge in [0.25, 0.3) is 0 Å². The van der Waals surface area contributed by atoms with Crippen LogP contribution in [0.4, 0.5) is 0 Å². The fourth-order valence-electron chi connectivity index (χ4n) is 3.92. The number of nitrogens with zero attached hydrogens (tertiary/aromatic N) is 3. The lowest BCUT2D eigenvalue weighted by atomic mass is 9.95. The van der Waals surface area contributed by atoms with Gasteiger partial charge in [0, 0.05) is 23.0 Å².